The summed E-state index contributed by atoms with van der Waals surface area (Å²) in [5.74, 6) is 0.207. The maximum Gasteiger partial charge on any atom is 0.282 e. The van der Waals surface area contributed by atoms with E-state index in [2.05, 4.69) is 76.3 Å². The van der Waals surface area contributed by atoms with Gasteiger partial charge in [0.1, 0.15) is 5.01 Å². The second-order valence-electron chi connectivity index (χ2n) is 10.3. The van der Waals surface area contributed by atoms with Crippen molar-refractivity contribution in [3.05, 3.63) is 52.8 Å². The van der Waals surface area contributed by atoms with Gasteiger partial charge in [-0.3, -0.25) is 9.78 Å². The molecule has 1 aliphatic heterocycles. The van der Waals surface area contributed by atoms with E-state index < -0.39 is 0 Å². The van der Waals surface area contributed by atoms with Crippen LogP contribution in [-0.4, -0.2) is 56.1 Å². The molecule has 0 atom stereocenters. The van der Waals surface area contributed by atoms with Gasteiger partial charge in [0.15, 0.2) is 0 Å². The van der Waals surface area contributed by atoms with Crippen LogP contribution in [0.3, 0.4) is 0 Å². The molecule has 8 heteroatoms. The van der Waals surface area contributed by atoms with Crippen molar-refractivity contribution in [1.29, 1.82) is 0 Å². The van der Waals surface area contributed by atoms with Crippen LogP contribution in [0.4, 0.5) is 0 Å². The van der Waals surface area contributed by atoms with Gasteiger partial charge in [0.25, 0.3) is 5.91 Å². The molecular weight excluding hydrogens is 468 g/mol. The van der Waals surface area contributed by atoms with E-state index >= 15 is 0 Å². The number of hydrogen-bond acceptors (Lipinski definition) is 6. The number of hydrogen-bond donors (Lipinski definition) is 2. The number of H-pyrrole nitrogens is 1. The summed E-state index contributed by atoms with van der Waals surface area (Å²) in [4.78, 5) is 23.3. The molecule has 2 N–H and O–H groups in total. The number of nitrogens with zero attached hydrogens (tertiary/aromatic N) is 4. The first-order valence-electron chi connectivity index (χ1n) is 12.8. The zero-order valence-electron chi connectivity index (χ0n) is 21.6. The number of piperidine rings is 1. The van der Waals surface area contributed by atoms with Crippen LogP contribution in [0.15, 0.2) is 36.5 Å². The largest absolute Gasteiger partial charge is 0.354 e. The number of aryl methyl sites for hydroxylation is 1. The molecule has 1 saturated heterocycles. The average Bonchev–Trinajstić information content (AvgIpc) is 3.49. The number of aromatic amines is 1. The molecule has 1 aromatic carbocycles. The van der Waals surface area contributed by atoms with Gasteiger partial charge >= 0.3 is 0 Å². The minimum absolute atomic E-state index is 0.123. The third-order valence-electron chi connectivity index (χ3n) is 7.06. The highest BCUT2D eigenvalue weighted by Crippen LogP contribution is 2.38. The predicted molar refractivity (Wildman–Crippen MR) is 146 cm³/mol. The summed E-state index contributed by atoms with van der Waals surface area (Å²) >= 11 is 1.35. The highest BCUT2D eigenvalue weighted by Gasteiger charge is 2.24. The third-order valence-corrected chi connectivity index (χ3v) is 8.03. The number of rotatable bonds is 6. The second kappa shape index (κ2) is 10.1. The number of carbonyl (C=O) groups excluding carboxylic acids is 1. The van der Waals surface area contributed by atoms with Gasteiger partial charge in [-0.15, -0.1) is 10.2 Å². The Morgan fingerprint density at radius 1 is 1.08 bits per heavy atom. The Bertz CT molecular complexity index is 1380. The molecule has 1 aliphatic rings. The quantitative estimate of drug-likeness (QED) is 0.349. The number of aromatic nitrogens is 4. The zero-order chi connectivity index (χ0) is 25.4. The monoisotopic (exact) mass is 502 g/mol. The SMILES string of the molecule is Cc1cc(-c2[nH]c3ccc(-c4nnc(C(=O)NC5CCN(C(C)C)CC5)s4)cc3c2C(C)C)ccn1. The van der Waals surface area contributed by atoms with Crippen molar-refractivity contribution in [2.24, 2.45) is 0 Å². The number of fused-ring (bicyclic) bond motifs is 1. The fraction of sp³-hybridized carbons (Fsp3) is 0.429. The number of amides is 1. The van der Waals surface area contributed by atoms with Crippen molar-refractivity contribution in [3.8, 4) is 21.8 Å². The first-order chi connectivity index (χ1) is 17.3. The van der Waals surface area contributed by atoms with Gasteiger partial charge in [-0.05, 0) is 75.4 Å². The third kappa shape index (κ3) is 4.92. The van der Waals surface area contributed by atoms with E-state index in [1.165, 1.54) is 22.3 Å². The van der Waals surface area contributed by atoms with E-state index in [0.717, 1.165) is 59.0 Å². The Kier molecular flexibility index (Phi) is 6.90. The van der Waals surface area contributed by atoms with Gasteiger partial charge < -0.3 is 15.2 Å². The predicted octanol–water partition coefficient (Wildman–Crippen LogP) is 5.78. The molecule has 3 aromatic heterocycles. The molecule has 1 fully saturated rings. The number of benzene rings is 1. The molecule has 0 aliphatic carbocycles. The lowest BCUT2D eigenvalue weighted by Gasteiger charge is -2.34. The molecular formula is C28H34N6OS. The van der Waals surface area contributed by atoms with Crippen molar-refractivity contribution in [3.63, 3.8) is 0 Å². The maximum atomic E-state index is 12.9. The summed E-state index contributed by atoms with van der Waals surface area (Å²) in [5.41, 5.74) is 6.59. The Hall–Kier alpha value is -3.10. The van der Waals surface area contributed by atoms with E-state index in [-0.39, 0.29) is 11.9 Å². The molecule has 4 aromatic rings. The normalized spacial score (nSPS) is 15.3. The molecule has 0 radical (unpaired) electrons. The van der Waals surface area contributed by atoms with Gasteiger partial charge in [-0.25, -0.2) is 0 Å². The molecule has 7 nitrogen and oxygen atoms in total. The van der Waals surface area contributed by atoms with Gasteiger partial charge in [-0.2, -0.15) is 0 Å². The number of nitrogens with one attached hydrogen (secondary N) is 2. The van der Waals surface area contributed by atoms with E-state index in [4.69, 9.17) is 0 Å². The molecule has 0 spiro atoms. The lowest BCUT2D eigenvalue weighted by molar-refractivity contribution is 0.0899. The fourth-order valence-electron chi connectivity index (χ4n) is 5.11. The van der Waals surface area contributed by atoms with Crippen LogP contribution >= 0.6 is 11.3 Å². The summed E-state index contributed by atoms with van der Waals surface area (Å²) in [6.07, 6.45) is 3.79. The Morgan fingerprint density at radius 2 is 1.86 bits per heavy atom. The molecule has 0 saturated carbocycles. The summed E-state index contributed by atoms with van der Waals surface area (Å²) in [6.45, 7) is 12.9. The molecule has 5 rings (SSSR count). The molecule has 0 bridgehead atoms. The Morgan fingerprint density at radius 3 is 2.56 bits per heavy atom. The summed E-state index contributed by atoms with van der Waals surface area (Å²) in [5, 5.41) is 14.1. The van der Waals surface area contributed by atoms with E-state index in [0.29, 0.717) is 17.0 Å². The van der Waals surface area contributed by atoms with Crippen molar-refractivity contribution in [2.45, 2.75) is 65.5 Å². The summed E-state index contributed by atoms with van der Waals surface area (Å²) in [6, 6.07) is 11.2. The van der Waals surface area contributed by atoms with Crippen LogP contribution in [0.1, 0.15) is 67.5 Å². The first kappa shape index (κ1) is 24.6. The van der Waals surface area contributed by atoms with Gasteiger partial charge in [0, 0.05) is 59.1 Å². The fourth-order valence-corrected chi connectivity index (χ4v) is 5.86. The summed E-state index contributed by atoms with van der Waals surface area (Å²) in [7, 11) is 0. The van der Waals surface area contributed by atoms with Crippen LogP contribution in [0.2, 0.25) is 0 Å². The van der Waals surface area contributed by atoms with Crippen LogP contribution < -0.4 is 5.32 Å². The smallest absolute Gasteiger partial charge is 0.282 e. The van der Waals surface area contributed by atoms with Crippen molar-refractivity contribution < 1.29 is 4.79 Å². The first-order valence-corrected chi connectivity index (χ1v) is 13.6. The van der Waals surface area contributed by atoms with Crippen LogP contribution in [0.5, 0.6) is 0 Å². The zero-order valence-corrected chi connectivity index (χ0v) is 22.4. The minimum Gasteiger partial charge on any atom is -0.354 e. The molecule has 4 heterocycles. The lowest BCUT2D eigenvalue weighted by atomic mass is 9.95. The average molecular weight is 503 g/mol. The maximum absolute atomic E-state index is 12.9. The van der Waals surface area contributed by atoms with Gasteiger partial charge in [0.05, 0.1) is 5.69 Å². The van der Waals surface area contributed by atoms with Crippen molar-refractivity contribution in [2.75, 3.05) is 13.1 Å². The number of likely N-dealkylation sites (tertiary alicyclic amines) is 1. The van der Waals surface area contributed by atoms with Crippen LogP contribution in [0.25, 0.3) is 32.7 Å². The second-order valence-corrected chi connectivity index (χ2v) is 11.3. The topological polar surface area (TPSA) is 86.8 Å². The van der Waals surface area contributed by atoms with Crippen LogP contribution in [-0.2, 0) is 0 Å². The van der Waals surface area contributed by atoms with E-state index in [1.54, 1.807) is 0 Å². The van der Waals surface area contributed by atoms with Gasteiger partial charge in [0.2, 0.25) is 5.01 Å². The molecule has 0 unspecified atom stereocenters. The molecule has 1 amide bonds. The Labute approximate surface area is 216 Å². The highest BCUT2D eigenvalue weighted by molar-refractivity contribution is 7.16. The lowest BCUT2D eigenvalue weighted by Crippen LogP contribution is -2.46. The van der Waals surface area contributed by atoms with Gasteiger partial charge in [-0.1, -0.05) is 25.2 Å². The number of pyridine rings is 1. The minimum atomic E-state index is -0.123. The molecule has 36 heavy (non-hydrogen) atoms. The van der Waals surface area contributed by atoms with E-state index in [9.17, 15) is 4.79 Å². The Balaban J connectivity index is 1.38. The number of carbonyl (C=O) groups is 1. The molecule has 188 valence electrons. The summed E-state index contributed by atoms with van der Waals surface area (Å²) < 4.78 is 0. The van der Waals surface area contributed by atoms with E-state index in [1.807, 2.05) is 25.3 Å². The van der Waals surface area contributed by atoms with Crippen molar-refractivity contribution in [1.82, 2.24) is 30.4 Å². The van der Waals surface area contributed by atoms with Crippen molar-refractivity contribution >= 4 is 28.1 Å². The standard InChI is InChI=1S/C28H34N6OS/c1-16(2)24-22-15-20(6-7-23(22)31-25(24)19-8-11-29-18(5)14-19)27-32-33-28(36-27)26(35)30-21-9-12-34(13-10-21)17(3)4/h6-8,11,14-17,21,31H,9-10,12-13H2,1-5H3,(H,30,35). The highest BCUT2D eigenvalue weighted by atomic mass is 32.1. The van der Waals surface area contributed by atoms with Crippen LogP contribution in [0, 0.1) is 6.92 Å².